The molecule has 0 bridgehead atoms. The van der Waals surface area contributed by atoms with Gasteiger partial charge in [-0.25, -0.2) is 0 Å². The highest BCUT2D eigenvalue weighted by atomic mass is 15.1. The van der Waals surface area contributed by atoms with Gasteiger partial charge in [0, 0.05) is 33.7 Å². The third kappa shape index (κ3) is 6.84. The van der Waals surface area contributed by atoms with E-state index in [2.05, 4.69) is 228 Å². The van der Waals surface area contributed by atoms with Crippen molar-refractivity contribution >= 4 is 39.1 Å². The number of allylic oxidation sites excluding steroid dienone is 8. The number of fused-ring (bicyclic) bond motifs is 1. The normalized spacial score (nSPS) is 13.7. The molecule has 58 heavy (non-hydrogen) atoms. The van der Waals surface area contributed by atoms with Crippen LogP contribution in [0.2, 0.25) is 0 Å². The van der Waals surface area contributed by atoms with Gasteiger partial charge in [-0.3, -0.25) is 0 Å². The summed E-state index contributed by atoms with van der Waals surface area (Å²) < 4.78 is 2.43. The van der Waals surface area contributed by atoms with Crippen molar-refractivity contribution in [2.45, 2.75) is 25.7 Å². The number of para-hydroxylation sites is 1. The Kier molecular flexibility index (Phi) is 9.59. The fourth-order valence-corrected chi connectivity index (χ4v) is 8.63. The average molecular weight is 745 g/mol. The number of anilines is 3. The number of nitrogens with zero attached hydrogens (tertiary/aromatic N) is 2. The van der Waals surface area contributed by atoms with Crippen LogP contribution in [0.25, 0.3) is 61.2 Å². The zero-order valence-electron chi connectivity index (χ0n) is 32.5. The first-order valence-corrected chi connectivity index (χ1v) is 20.5. The van der Waals surface area contributed by atoms with Crippen molar-refractivity contribution in [3.8, 4) is 39.2 Å². The maximum absolute atomic E-state index is 2.43. The van der Waals surface area contributed by atoms with Gasteiger partial charge in [0.2, 0.25) is 0 Å². The molecule has 0 N–H and O–H groups in total. The number of benzene rings is 7. The minimum absolute atomic E-state index is 1.08. The van der Waals surface area contributed by atoms with Crippen LogP contribution < -0.4 is 4.90 Å². The third-order valence-electron chi connectivity index (χ3n) is 11.5. The SMILES string of the molecule is C1=CCCC(c2ccc(N(c3ccc(C4=CCCC=C4)cc3)c3ccc(-c4ccc5c(c4)c(-c4ccccc4)c(-c4ccccc4)n5-c4ccccc4)cc3)cc2)=C1. The molecule has 2 aliphatic carbocycles. The maximum Gasteiger partial charge on any atom is 0.0619 e. The van der Waals surface area contributed by atoms with Gasteiger partial charge in [-0.15, -0.1) is 0 Å². The molecule has 8 aromatic rings. The number of hydrogen-bond acceptors (Lipinski definition) is 1. The van der Waals surface area contributed by atoms with Crippen molar-refractivity contribution in [2.24, 2.45) is 0 Å². The van der Waals surface area contributed by atoms with Gasteiger partial charge in [-0.05, 0) is 131 Å². The lowest BCUT2D eigenvalue weighted by atomic mass is 9.96. The molecular formula is C56H44N2. The van der Waals surface area contributed by atoms with E-state index in [-0.39, 0.29) is 0 Å². The van der Waals surface area contributed by atoms with Crippen LogP contribution in [0.4, 0.5) is 17.1 Å². The lowest BCUT2D eigenvalue weighted by molar-refractivity contribution is 1.04. The molecule has 1 heterocycles. The summed E-state index contributed by atoms with van der Waals surface area (Å²) in [5, 5.41) is 1.23. The van der Waals surface area contributed by atoms with E-state index < -0.39 is 0 Å². The topological polar surface area (TPSA) is 8.17 Å². The van der Waals surface area contributed by atoms with Crippen molar-refractivity contribution in [2.75, 3.05) is 4.90 Å². The molecule has 0 saturated heterocycles. The molecular weight excluding hydrogens is 701 g/mol. The highest BCUT2D eigenvalue weighted by Crippen LogP contribution is 2.44. The van der Waals surface area contributed by atoms with Gasteiger partial charge in [0.25, 0.3) is 0 Å². The van der Waals surface area contributed by atoms with Crippen LogP contribution in [0.3, 0.4) is 0 Å². The van der Waals surface area contributed by atoms with Crippen LogP contribution in [0.5, 0.6) is 0 Å². The van der Waals surface area contributed by atoms with E-state index in [1.165, 1.54) is 66.7 Å². The van der Waals surface area contributed by atoms with Crippen molar-refractivity contribution in [3.05, 3.63) is 230 Å². The average Bonchev–Trinajstić information content (AvgIpc) is 3.66. The van der Waals surface area contributed by atoms with Crippen molar-refractivity contribution in [3.63, 3.8) is 0 Å². The molecule has 10 rings (SSSR count). The van der Waals surface area contributed by atoms with Gasteiger partial charge in [-0.2, -0.15) is 0 Å². The van der Waals surface area contributed by atoms with E-state index in [4.69, 9.17) is 0 Å². The Bertz CT molecular complexity index is 2820. The molecule has 278 valence electrons. The maximum atomic E-state index is 2.43. The molecule has 0 saturated carbocycles. The van der Waals surface area contributed by atoms with Crippen molar-refractivity contribution in [1.82, 2.24) is 4.57 Å². The van der Waals surface area contributed by atoms with Gasteiger partial charge >= 0.3 is 0 Å². The standard InChI is InChI=1S/C56H44N2/c1-6-16-41(17-7-1)43-26-33-50(34-27-43)57(51-35-28-44(29-36-51)42-18-8-2-9-19-42)52-37-30-45(31-38-52)48-32-39-54-53(40-48)55(46-20-10-3-11-21-46)56(47-22-12-4-13-23-47)58(54)49-24-14-5-15-25-49/h1,3-6,8,10-16,18-40H,2,7,9,17H2. The summed E-state index contributed by atoms with van der Waals surface area (Å²) in [7, 11) is 0. The fourth-order valence-electron chi connectivity index (χ4n) is 8.63. The van der Waals surface area contributed by atoms with Crippen molar-refractivity contribution < 1.29 is 0 Å². The Hall–Kier alpha value is -7.16. The van der Waals surface area contributed by atoms with Crippen LogP contribution in [-0.2, 0) is 0 Å². The summed E-state index contributed by atoms with van der Waals surface area (Å²) >= 11 is 0. The van der Waals surface area contributed by atoms with Gasteiger partial charge in [0.1, 0.15) is 0 Å². The molecule has 0 amide bonds. The van der Waals surface area contributed by atoms with Crippen LogP contribution in [-0.4, -0.2) is 4.57 Å². The smallest absolute Gasteiger partial charge is 0.0619 e. The Labute approximate surface area is 341 Å². The minimum atomic E-state index is 1.08. The van der Waals surface area contributed by atoms with Crippen LogP contribution >= 0.6 is 0 Å². The highest BCUT2D eigenvalue weighted by Gasteiger charge is 2.22. The van der Waals surface area contributed by atoms with Crippen molar-refractivity contribution in [1.29, 1.82) is 0 Å². The van der Waals surface area contributed by atoms with Gasteiger partial charge < -0.3 is 9.47 Å². The zero-order valence-corrected chi connectivity index (χ0v) is 32.5. The largest absolute Gasteiger partial charge is 0.311 e. The Morgan fingerprint density at radius 3 is 1.64 bits per heavy atom. The summed E-state index contributed by atoms with van der Waals surface area (Å²) in [4.78, 5) is 2.38. The Morgan fingerprint density at radius 2 is 1.03 bits per heavy atom. The molecule has 0 fully saturated rings. The number of hydrogen-bond donors (Lipinski definition) is 0. The third-order valence-corrected chi connectivity index (χ3v) is 11.5. The second-order valence-electron chi connectivity index (χ2n) is 15.1. The molecule has 1 aromatic heterocycles. The van der Waals surface area contributed by atoms with E-state index in [9.17, 15) is 0 Å². The van der Waals surface area contributed by atoms with E-state index in [0.717, 1.165) is 48.4 Å². The van der Waals surface area contributed by atoms with E-state index in [1.54, 1.807) is 0 Å². The zero-order chi connectivity index (χ0) is 38.7. The summed E-state index contributed by atoms with van der Waals surface area (Å²) in [6.45, 7) is 0. The van der Waals surface area contributed by atoms with Crippen LogP contribution in [0, 0.1) is 0 Å². The summed E-state index contributed by atoms with van der Waals surface area (Å²) in [6, 6.07) is 66.6. The van der Waals surface area contributed by atoms with Gasteiger partial charge in [0.05, 0.1) is 11.2 Å². The molecule has 0 atom stereocenters. The van der Waals surface area contributed by atoms with E-state index in [1.807, 2.05) is 0 Å². The second-order valence-corrected chi connectivity index (χ2v) is 15.1. The number of rotatable bonds is 9. The summed E-state index contributed by atoms with van der Waals surface area (Å²) in [5.74, 6) is 0. The monoisotopic (exact) mass is 744 g/mol. The molecule has 2 heteroatoms. The molecule has 0 radical (unpaired) electrons. The first-order valence-electron chi connectivity index (χ1n) is 20.5. The second kappa shape index (κ2) is 15.8. The molecule has 2 nitrogen and oxygen atoms in total. The first kappa shape index (κ1) is 35.3. The minimum Gasteiger partial charge on any atom is -0.311 e. The predicted molar refractivity (Wildman–Crippen MR) is 247 cm³/mol. The lowest BCUT2D eigenvalue weighted by Gasteiger charge is -2.26. The van der Waals surface area contributed by atoms with Crippen LogP contribution in [0.1, 0.15) is 36.8 Å². The Balaban J connectivity index is 1.07. The first-order chi connectivity index (χ1) is 28.8. The summed E-state index contributed by atoms with van der Waals surface area (Å²) in [5.41, 5.74) is 18.1. The van der Waals surface area contributed by atoms with Gasteiger partial charge in [-0.1, -0.05) is 158 Å². The fraction of sp³-hybridized carbons (Fsp3) is 0.0714. The van der Waals surface area contributed by atoms with E-state index >= 15 is 0 Å². The quantitative estimate of drug-likeness (QED) is 0.143. The summed E-state index contributed by atoms with van der Waals surface area (Å²) in [6.07, 6.45) is 17.9. The van der Waals surface area contributed by atoms with E-state index in [0.29, 0.717) is 0 Å². The lowest BCUT2D eigenvalue weighted by Crippen LogP contribution is -2.10. The highest BCUT2D eigenvalue weighted by molar-refractivity contribution is 6.07. The molecule has 0 aliphatic heterocycles. The number of aromatic nitrogens is 1. The van der Waals surface area contributed by atoms with Crippen LogP contribution in [0.15, 0.2) is 218 Å². The molecule has 7 aromatic carbocycles. The van der Waals surface area contributed by atoms with Gasteiger partial charge in [0.15, 0.2) is 0 Å². The molecule has 0 spiro atoms. The molecule has 0 unspecified atom stereocenters. The molecule has 2 aliphatic rings. The Morgan fingerprint density at radius 1 is 0.448 bits per heavy atom. The predicted octanol–water partition coefficient (Wildman–Crippen LogP) is 15.6.